The third-order valence-electron chi connectivity index (χ3n) is 5.66. The second kappa shape index (κ2) is 11.4. The van der Waals surface area contributed by atoms with Crippen LogP contribution in [0.4, 0.5) is 5.95 Å². The van der Waals surface area contributed by atoms with Crippen LogP contribution in [0.25, 0.3) is 11.0 Å². The van der Waals surface area contributed by atoms with E-state index in [-0.39, 0.29) is 18.1 Å². The van der Waals surface area contributed by atoms with E-state index < -0.39 is 5.91 Å². The summed E-state index contributed by atoms with van der Waals surface area (Å²) in [6.07, 6.45) is 11.6. The number of anilines is 1. The van der Waals surface area contributed by atoms with Gasteiger partial charge in [0.2, 0.25) is 11.9 Å². The third-order valence-corrected chi connectivity index (χ3v) is 6.54. The van der Waals surface area contributed by atoms with Crippen molar-refractivity contribution in [3.05, 3.63) is 28.2 Å². The van der Waals surface area contributed by atoms with E-state index in [1.807, 2.05) is 0 Å². The highest BCUT2D eigenvalue weighted by Gasteiger charge is 2.19. The zero-order valence-corrected chi connectivity index (χ0v) is 18.8. The predicted octanol–water partition coefficient (Wildman–Crippen LogP) is 1.81. The summed E-state index contributed by atoms with van der Waals surface area (Å²) in [6.45, 7) is 2.06. The van der Waals surface area contributed by atoms with Crippen LogP contribution in [0.2, 0.25) is 0 Å². The van der Waals surface area contributed by atoms with Gasteiger partial charge in [-0.1, -0.05) is 31.2 Å². The van der Waals surface area contributed by atoms with Crippen molar-refractivity contribution in [3.8, 4) is 0 Å². The summed E-state index contributed by atoms with van der Waals surface area (Å²) in [4.78, 5) is 34.4. The number of H-pyrrole nitrogens is 1. The molecule has 0 radical (unpaired) electrons. The normalized spacial score (nSPS) is 18.4. The molecule has 4 rings (SSSR count). The van der Waals surface area contributed by atoms with E-state index in [0.717, 1.165) is 38.8 Å². The zero-order valence-electron chi connectivity index (χ0n) is 18.0. The lowest BCUT2D eigenvalue weighted by molar-refractivity contribution is -0.117. The summed E-state index contributed by atoms with van der Waals surface area (Å²) in [5.41, 5.74) is 5.57. The van der Waals surface area contributed by atoms with Gasteiger partial charge in [-0.05, 0) is 38.0 Å². The van der Waals surface area contributed by atoms with E-state index in [1.54, 1.807) is 24.2 Å². The summed E-state index contributed by atoms with van der Waals surface area (Å²) in [6, 6.07) is 1.94. The van der Waals surface area contributed by atoms with Gasteiger partial charge in [0.25, 0.3) is 5.56 Å². The molecule has 10 heteroatoms. The summed E-state index contributed by atoms with van der Waals surface area (Å²) >= 11 is 1.76. The number of rotatable bonds is 5. The van der Waals surface area contributed by atoms with E-state index in [9.17, 15) is 9.59 Å². The van der Waals surface area contributed by atoms with Gasteiger partial charge in [0.1, 0.15) is 5.65 Å². The molecule has 1 aliphatic carbocycles. The number of nitrogens with one attached hydrogen (secondary N) is 2. The number of aromatic amines is 1. The summed E-state index contributed by atoms with van der Waals surface area (Å²) in [7, 11) is 0. The molecule has 2 fully saturated rings. The Kier molecular flexibility index (Phi) is 8.68. The number of carbonyl (C=O) groups excluding carboxylic acids is 1. The average molecular weight is 449 g/mol. The van der Waals surface area contributed by atoms with Crippen molar-refractivity contribution in [2.75, 3.05) is 24.7 Å². The number of hydrogen-bond donors (Lipinski definition) is 4. The fourth-order valence-electron chi connectivity index (χ4n) is 3.87. The molecule has 1 amide bonds. The Hall–Kier alpha value is -2.17. The van der Waals surface area contributed by atoms with Gasteiger partial charge in [0, 0.05) is 36.3 Å². The maximum atomic E-state index is 12.0. The predicted molar refractivity (Wildman–Crippen MR) is 124 cm³/mol. The largest absolute Gasteiger partial charge is 0.393 e. The van der Waals surface area contributed by atoms with Gasteiger partial charge in [0.05, 0.1) is 12.5 Å². The molecule has 2 aromatic heterocycles. The number of amides is 1. The second-order valence-electron chi connectivity index (χ2n) is 8.09. The molecular weight excluding hydrogens is 416 g/mol. The maximum absolute atomic E-state index is 12.0. The quantitative estimate of drug-likeness (QED) is 0.508. The van der Waals surface area contributed by atoms with Gasteiger partial charge in [-0.25, -0.2) is 4.98 Å². The Morgan fingerprint density at radius 2 is 2.00 bits per heavy atom. The van der Waals surface area contributed by atoms with Crippen molar-refractivity contribution in [3.63, 3.8) is 0 Å². The first-order valence-electron chi connectivity index (χ1n) is 10.9. The highest BCUT2D eigenvalue weighted by molar-refractivity contribution is 7.96. The zero-order chi connectivity index (χ0) is 22.2. The summed E-state index contributed by atoms with van der Waals surface area (Å²) in [5.74, 6) is -0.0426. The Morgan fingerprint density at radius 3 is 2.58 bits per heavy atom. The summed E-state index contributed by atoms with van der Waals surface area (Å²) < 4.78 is 2.33. The van der Waals surface area contributed by atoms with E-state index in [2.05, 4.69) is 30.8 Å². The highest BCUT2D eigenvalue weighted by atomic mass is 32.2. The first-order chi connectivity index (χ1) is 14.9. The van der Waals surface area contributed by atoms with Crippen LogP contribution in [0, 0.1) is 0 Å². The second-order valence-corrected chi connectivity index (χ2v) is 8.97. The van der Waals surface area contributed by atoms with Gasteiger partial charge in [-0.2, -0.15) is 4.98 Å². The smallest absolute Gasteiger partial charge is 0.253 e. The summed E-state index contributed by atoms with van der Waals surface area (Å²) in [5, 5.41) is 12.9. The molecule has 170 valence electrons. The van der Waals surface area contributed by atoms with Crippen molar-refractivity contribution in [2.45, 2.75) is 63.5 Å². The highest BCUT2D eigenvalue weighted by Crippen LogP contribution is 2.19. The molecule has 1 saturated carbocycles. The number of nitrogens with two attached hydrogens (primary N) is 1. The molecule has 2 aromatic rings. The number of piperidine rings is 1. The third kappa shape index (κ3) is 7.19. The Bertz CT molecular complexity index is 923. The number of primary amides is 1. The number of aliphatic hydroxyl groups excluding tert-OH is 1. The lowest BCUT2D eigenvalue weighted by Gasteiger charge is -2.30. The van der Waals surface area contributed by atoms with E-state index in [4.69, 9.17) is 10.8 Å². The standard InChI is InChI=1S/C15H20N6O2S.C6H12O/c1-24-21-4-2-11(3-5-21)18-15-17-8-10-6-9(7-12(16)22)14(23)19-13(10)20-15;7-6-4-2-1-3-5-6/h6,8,11H,2-5,7H2,1H3,(H2,16,22)(H2,17,18,19,20,23);6-7H,1-5H2. The minimum atomic E-state index is -0.546. The van der Waals surface area contributed by atoms with Crippen LogP contribution >= 0.6 is 11.9 Å². The monoisotopic (exact) mass is 448 g/mol. The van der Waals surface area contributed by atoms with Crippen LogP contribution in [-0.2, 0) is 11.2 Å². The van der Waals surface area contributed by atoms with E-state index in [1.165, 1.54) is 19.3 Å². The number of aliphatic hydroxyl groups is 1. The van der Waals surface area contributed by atoms with E-state index >= 15 is 0 Å². The molecular formula is C21H32N6O3S. The minimum Gasteiger partial charge on any atom is -0.393 e. The lowest BCUT2D eigenvalue weighted by atomic mass is 9.98. The minimum absolute atomic E-state index is 0.0359. The van der Waals surface area contributed by atoms with Crippen LogP contribution in [0.5, 0.6) is 0 Å². The Balaban J connectivity index is 0.000000330. The topological polar surface area (TPSA) is 137 Å². The number of carbonyl (C=O) groups is 1. The van der Waals surface area contributed by atoms with Crippen molar-refractivity contribution in [1.29, 1.82) is 0 Å². The molecule has 2 aliphatic rings. The molecule has 5 N–H and O–H groups in total. The number of pyridine rings is 1. The van der Waals surface area contributed by atoms with Crippen LogP contribution < -0.4 is 16.6 Å². The van der Waals surface area contributed by atoms with Crippen LogP contribution in [0.15, 0.2) is 17.1 Å². The Labute approximate surface area is 186 Å². The molecule has 0 atom stereocenters. The van der Waals surface area contributed by atoms with E-state index in [0.29, 0.717) is 28.6 Å². The van der Waals surface area contributed by atoms with Crippen molar-refractivity contribution in [2.24, 2.45) is 5.73 Å². The Morgan fingerprint density at radius 1 is 1.29 bits per heavy atom. The van der Waals surface area contributed by atoms with Gasteiger partial charge in [-0.15, -0.1) is 0 Å². The molecule has 31 heavy (non-hydrogen) atoms. The average Bonchev–Trinajstić information content (AvgIpc) is 2.76. The van der Waals surface area contributed by atoms with Crippen LogP contribution in [0.1, 0.15) is 50.5 Å². The molecule has 0 aromatic carbocycles. The molecule has 0 unspecified atom stereocenters. The van der Waals surface area contributed by atoms with Crippen molar-refractivity contribution in [1.82, 2.24) is 19.3 Å². The molecule has 0 spiro atoms. The molecule has 1 aliphatic heterocycles. The number of hydrogen-bond acceptors (Lipinski definition) is 8. The first-order valence-corrected chi connectivity index (χ1v) is 12.0. The van der Waals surface area contributed by atoms with Crippen molar-refractivity contribution < 1.29 is 9.90 Å². The van der Waals surface area contributed by atoms with Gasteiger partial charge >= 0.3 is 0 Å². The number of fused-ring (bicyclic) bond motifs is 1. The molecule has 9 nitrogen and oxygen atoms in total. The molecule has 3 heterocycles. The van der Waals surface area contributed by atoms with Gasteiger partial charge in [-0.3, -0.25) is 13.9 Å². The van der Waals surface area contributed by atoms with Crippen molar-refractivity contribution >= 4 is 34.8 Å². The van der Waals surface area contributed by atoms with Gasteiger partial charge in [0.15, 0.2) is 0 Å². The SMILES string of the molecule is CSN1CCC(Nc2ncc3cc(CC(N)=O)c(=O)[nH]c3n2)CC1.OC1CCCCC1. The molecule has 0 bridgehead atoms. The number of aromatic nitrogens is 3. The molecule has 1 saturated heterocycles. The lowest BCUT2D eigenvalue weighted by Crippen LogP contribution is -2.35. The van der Waals surface area contributed by atoms with Crippen LogP contribution in [-0.4, -0.2) is 61.8 Å². The fourth-order valence-corrected chi connectivity index (χ4v) is 4.45. The number of nitrogens with zero attached hydrogens (tertiary/aromatic N) is 3. The van der Waals surface area contributed by atoms with Crippen LogP contribution in [0.3, 0.4) is 0 Å². The first kappa shape index (κ1) is 23.5. The maximum Gasteiger partial charge on any atom is 0.253 e. The fraction of sp³-hybridized carbons (Fsp3) is 0.619. The van der Waals surface area contributed by atoms with Gasteiger partial charge < -0.3 is 21.1 Å².